The van der Waals surface area contributed by atoms with Crippen LogP contribution in [0.5, 0.6) is 0 Å². The maximum Gasteiger partial charge on any atom is 0.0659 e. The highest BCUT2D eigenvalue weighted by atomic mass is 15.3. The number of hydrogen-bond donors (Lipinski definition) is 1. The fourth-order valence-electron chi connectivity index (χ4n) is 3.09. The van der Waals surface area contributed by atoms with Crippen LogP contribution in [0, 0.1) is 5.92 Å². The summed E-state index contributed by atoms with van der Waals surface area (Å²) < 4.78 is 2.01. The molecule has 3 heteroatoms. The number of hydrogen-bond acceptors (Lipinski definition) is 2. The van der Waals surface area contributed by atoms with E-state index < -0.39 is 0 Å². The van der Waals surface area contributed by atoms with Crippen molar-refractivity contribution >= 4 is 0 Å². The molecule has 0 aliphatic heterocycles. The highest BCUT2D eigenvalue weighted by Crippen LogP contribution is 2.21. The lowest BCUT2D eigenvalue weighted by atomic mass is 9.97. The second-order valence-corrected chi connectivity index (χ2v) is 7.01. The Bertz CT molecular complexity index is 747. The van der Waals surface area contributed by atoms with Gasteiger partial charge in [-0.3, -0.25) is 4.68 Å². The van der Waals surface area contributed by atoms with Crippen LogP contribution in [0.25, 0.3) is 0 Å². The van der Waals surface area contributed by atoms with Gasteiger partial charge in [0.25, 0.3) is 0 Å². The molecule has 25 heavy (non-hydrogen) atoms. The Kier molecular flexibility index (Phi) is 6.02. The predicted octanol–water partition coefficient (Wildman–Crippen LogP) is 4.81. The molecule has 1 heterocycles. The van der Waals surface area contributed by atoms with Crippen LogP contribution in [-0.2, 0) is 13.1 Å². The molecular weight excluding hydrogens is 306 g/mol. The number of rotatable bonds is 8. The molecule has 130 valence electrons. The molecule has 1 atom stereocenters. The maximum atomic E-state index is 4.50. The monoisotopic (exact) mass is 333 g/mol. The van der Waals surface area contributed by atoms with Gasteiger partial charge < -0.3 is 5.32 Å². The lowest BCUT2D eigenvalue weighted by Gasteiger charge is -2.21. The van der Waals surface area contributed by atoms with Gasteiger partial charge in [-0.05, 0) is 23.5 Å². The van der Waals surface area contributed by atoms with Gasteiger partial charge >= 0.3 is 0 Å². The van der Waals surface area contributed by atoms with E-state index in [0.29, 0.717) is 12.0 Å². The highest BCUT2D eigenvalue weighted by molar-refractivity contribution is 5.19. The minimum Gasteiger partial charge on any atom is -0.306 e. The van der Waals surface area contributed by atoms with Crippen LogP contribution in [0.15, 0.2) is 73.1 Å². The van der Waals surface area contributed by atoms with Crippen molar-refractivity contribution in [3.05, 3.63) is 89.7 Å². The van der Waals surface area contributed by atoms with Gasteiger partial charge in [0.1, 0.15) is 0 Å². The standard InChI is InChI=1S/C22H27N3/c1-18(2)13-22(21-11-7-4-8-12-21)23-14-20-15-24-25(17-20)16-19-9-5-3-6-10-19/h3-12,15,17-18,22-23H,13-14,16H2,1-2H3. The zero-order valence-electron chi connectivity index (χ0n) is 15.1. The minimum atomic E-state index is 0.374. The normalized spacial score (nSPS) is 12.4. The molecule has 1 N–H and O–H groups in total. The van der Waals surface area contributed by atoms with E-state index in [1.165, 1.54) is 16.7 Å². The Hall–Kier alpha value is -2.39. The summed E-state index contributed by atoms with van der Waals surface area (Å²) in [4.78, 5) is 0. The average molecular weight is 333 g/mol. The van der Waals surface area contributed by atoms with Gasteiger partial charge in [0, 0.05) is 24.3 Å². The zero-order valence-corrected chi connectivity index (χ0v) is 15.1. The molecule has 3 rings (SSSR count). The third-order valence-electron chi connectivity index (χ3n) is 4.34. The molecule has 0 aliphatic carbocycles. The van der Waals surface area contributed by atoms with Gasteiger partial charge in [-0.15, -0.1) is 0 Å². The van der Waals surface area contributed by atoms with Crippen LogP contribution in [0.2, 0.25) is 0 Å². The molecule has 2 aromatic carbocycles. The molecule has 0 saturated carbocycles. The van der Waals surface area contributed by atoms with Crippen LogP contribution in [0.4, 0.5) is 0 Å². The van der Waals surface area contributed by atoms with Crippen LogP contribution in [-0.4, -0.2) is 9.78 Å². The van der Waals surface area contributed by atoms with E-state index >= 15 is 0 Å². The molecule has 0 radical (unpaired) electrons. The minimum absolute atomic E-state index is 0.374. The first-order valence-electron chi connectivity index (χ1n) is 9.04. The van der Waals surface area contributed by atoms with Gasteiger partial charge in [0.15, 0.2) is 0 Å². The summed E-state index contributed by atoms with van der Waals surface area (Å²) in [6.45, 7) is 6.20. The fraction of sp³-hybridized carbons (Fsp3) is 0.318. The fourth-order valence-corrected chi connectivity index (χ4v) is 3.09. The molecule has 1 aromatic heterocycles. The number of nitrogens with one attached hydrogen (secondary N) is 1. The van der Waals surface area contributed by atoms with Gasteiger partial charge in [-0.1, -0.05) is 74.5 Å². The molecule has 0 amide bonds. The Balaban J connectivity index is 1.61. The molecule has 0 fully saturated rings. The van der Waals surface area contributed by atoms with Crippen molar-refractivity contribution in [3.8, 4) is 0 Å². The van der Waals surface area contributed by atoms with Crippen molar-refractivity contribution in [3.63, 3.8) is 0 Å². The molecule has 3 nitrogen and oxygen atoms in total. The van der Waals surface area contributed by atoms with Crippen LogP contribution in [0.3, 0.4) is 0 Å². The zero-order chi connectivity index (χ0) is 17.5. The molecule has 0 spiro atoms. The van der Waals surface area contributed by atoms with E-state index in [-0.39, 0.29) is 0 Å². The Labute approximate surface area is 150 Å². The predicted molar refractivity (Wildman–Crippen MR) is 103 cm³/mol. The van der Waals surface area contributed by atoms with Gasteiger partial charge in [-0.25, -0.2) is 0 Å². The summed E-state index contributed by atoms with van der Waals surface area (Å²) in [7, 11) is 0. The summed E-state index contributed by atoms with van der Waals surface area (Å²) in [5, 5.41) is 8.21. The quantitative estimate of drug-likeness (QED) is 0.641. The third-order valence-corrected chi connectivity index (χ3v) is 4.34. The van der Waals surface area contributed by atoms with E-state index in [4.69, 9.17) is 0 Å². The van der Waals surface area contributed by atoms with Gasteiger partial charge in [0.05, 0.1) is 12.7 Å². The second kappa shape index (κ2) is 8.63. The van der Waals surface area contributed by atoms with Gasteiger partial charge in [0.2, 0.25) is 0 Å². The number of benzene rings is 2. The Morgan fingerprint density at radius 3 is 2.28 bits per heavy atom. The van der Waals surface area contributed by atoms with Crippen molar-refractivity contribution in [1.82, 2.24) is 15.1 Å². The number of aromatic nitrogens is 2. The molecular formula is C22H27N3. The van der Waals surface area contributed by atoms with Crippen LogP contribution < -0.4 is 5.32 Å². The number of nitrogens with zero attached hydrogens (tertiary/aromatic N) is 2. The average Bonchev–Trinajstić information content (AvgIpc) is 3.07. The summed E-state index contributed by atoms with van der Waals surface area (Å²) in [6, 6.07) is 21.5. The van der Waals surface area contributed by atoms with Gasteiger partial charge in [-0.2, -0.15) is 5.10 Å². The van der Waals surface area contributed by atoms with Crippen molar-refractivity contribution in [1.29, 1.82) is 0 Å². The lowest BCUT2D eigenvalue weighted by molar-refractivity contribution is 0.428. The summed E-state index contributed by atoms with van der Waals surface area (Å²) in [5.74, 6) is 0.651. The first-order valence-corrected chi connectivity index (χ1v) is 9.04. The van der Waals surface area contributed by atoms with E-state index in [2.05, 4.69) is 85.1 Å². The molecule has 0 aliphatic rings. The molecule has 0 bridgehead atoms. The van der Waals surface area contributed by atoms with Crippen molar-refractivity contribution in [2.24, 2.45) is 5.92 Å². The van der Waals surface area contributed by atoms with Crippen molar-refractivity contribution in [2.75, 3.05) is 0 Å². The lowest BCUT2D eigenvalue weighted by Crippen LogP contribution is -2.22. The Morgan fingerprint density at radius 2 is 1.60 bits per heavy atom. The van der Waals surface area contributed by atoms with Crippen LogP contribution in [0.1, 0.15) is 43.0 Å². The molecule has 0 saturated heterocycles. The van der Waals surface area contributed by atoms with Crippen molar-refractivity contribution < 1.29 is 0 Å². The largest absolute Gasteiger partial charge is 0.306 e. The SMILES string of the molecule is CC(C)CC(NCc1cnn(Cc2ccccc2)c1)c1ccccc1. The highest BCUT2D eigenvalue weighted by Gasteiger charge is 2.13. The third kappa shape index (κ3) is 5.30. The summed E-state index contributed by atoms with van der Waals surface area (Å²) >= 11 is 0. The summed E-state index contributed by atoms with van der Waals surface area (Å²) in [5.41, 5.74) is 3.85. The van der Waals surface area contributed by atoms with E-state index in [1.54, 1.807) is 0 Å². The first kappa shape index (κ1) is 17.4. The second-order valence-electron chi connectivity index (χ2n) is 7.01. The smallest absolute Gasteiger partial charge is 0.0659 e. The topological polar surface area (TPSA) is 29.9 Å². The maximum absolute atomic E-state index is 4.50. The van der Waals surface area contributed by atoms with E-state index in [1.807, 2.05) is 16.9 Å². The van der Waals surface area contributed by atoms with E-state index in [9.17, 15) is 0 Å². The molecule has 1 unspecified atom stereocenters. The van der Waals surface area contributed by atoms with Crippen molar-refractivity contribution in [2.45, 2.75) is 39.4 Å². The van der Waals surface area contributed by atoms with Crippen LogP contribution >= 0.6 is 0 Å². The molecule has 3 aromatic rings. The Morgan fingerprint density at radius 1 is 0.920 bits per heavy atom. The van der Waals surface area contributed by atoms with E-state index in [0.717, 1.165) is 19.5 Å². The first-order chi connectivity index (χ1) is 12.2. The summed E-state index contributed by atoms with van der Waals surface area (Å²) in [6.07, 6.45) is 5.23.